The van der Waals surface area contributed by atoms with E-state index in [1.165, 1.54) is 42.4 Å². The van der Waals surface area contributed by atoms with Gasteiger partial charge in [-0.05, 0) is 115 Å². The Balaban J connectivity index is 1.13. The van der Waals surface area contributed by atoms with Crippen molar-refractivity contribution >= 4 is 5.97 Å². The molecule has 4 nitrogen and oxygen atoms in total. The molecule has 3 aromatic rings. The van der Waals surface area contributed by atoms with E-state index >= 15 is 0 Å². The van der Waals surface area contributed by atoms with Crippen LogP contribution in [0.15, 0.2) is 72.8 Å². The molecule has 0 amide bonds. The quantitative estimate of drug-likeness (QED) is 0.264. The third kappa shape index (κ3) is 4.57. The van der Waals surface area contributed by atoms with Gasteiger partial charge in [0.05, 0.1) is 25.4 Å². The molecule has 3 aliphatic carbocycles. The van der Waals surface area contributed by atoms with E-state index in [2.05, 4.69) is 31.2 Å². The van der Waals surface area contributed by atoms with Crippen LogP contribution in [-0.2, 0) is 17.8 Å². The van der Waals surface area contributed by atoms with Crippen LogP contribution in [0.1, 0.15) is 72.0 Å². The molecule has 2 saturated carbocycles. The van der Waals surface area contributed by atoms with Gasteiger partial charge in [0.2, 0.25) is 0 Å². The minimum atomic E-state index is -0.297. The average Bonchev–Trinajstić information content (AvgIpc) is 3.28. The first-order chi connectivity index (χ1) is 18.0. The van der Waals surface area contributed by atoms with Gasteiger partial charge in [-0.2, -0.15) is 0 Å². The maximum Gasteiger partial charge on any atom is 0.343 e. The number of carbonyl (C=O) groups is 1. The Kier molecular flexibility index (Phi) is 6.54. The smallest absolute Gasteiger partial charge is 0.343 e. The van der Waals surface area contributed by atoms with Gasteiger partial charge in [0.25, 0.3) is 0 Å². The van der Waals surface area contributed by atoms with Crippen LogP contribution < -0.4 is 9.47 Å². The molecule has 37 heavy (non-hydrogen) atoms. The molecule has 0 heterocycles. The summed E-state index contributed by atoms with van der Waals surface area (Å²) in [6, 6.07) is 23.8. The highest BCUT2D eigenvalue weighted by Crippen LogP contribution is 2.61. The molecule has 0 unspecified atom stereocenters. The van der Waals surface area contributed by atoms with E-state index < -0.39 is 0 Å². The first-order valence-corrected chi connectivity index (χ1v) is 13.7. The highest BCUT2D eigenvalue weighted by Gasteiger charge is 2.55. The van der Waals surface area contributed by atoms with E-state index in [1.807, 2.05) is 36.4 Å². The lowest BCUT2D eigenvalue weighted by Gasteiger charge is -2.50. The second kappa shape index (κ2) is 9.98. The predicted molar refractivity (Wildman–Crippen MR) is 144 cm³/mol. The van der Waals surface area contributed by atoms with E-state index in [4.69, 9.17) is 14.2 Å². The summed E-state index contributed by atoms with van der Waals surface area (Å²) in [5, 5.41) is 0. The van der Waals surface area contributed by atoms with E-state index in [0.29, 0.717) is 41.8 Å². The Morgan fingerprint density at radius 3 is 2.49 bits per heavy atom. The Hall–Kier alpha value is -3.11. The van der Waals surface area contributed by atoms with Crippen LogP contribution in [0, 0.1) is 17.3 Å². The number of hydrogen-bond acceptors (Lipinski definition) is 4. The molecular formula is C33H36O4. The summed E-state index contributed by atoms with van der Waals surface area (Å²) < 4.78 is 17.6. The maximum atomic E-state index is 12.5. The van der Waals surface area contributed by atoms with Crippen molar-refractivity contribution in [1.82, 2.24) is 0 Å². The number of aryl methyl sites for hydroxylation is 1. The lowest BCUT2D eigenvalue weighted by Crippen LogP contribution is -2.44. The number of esters is 1. The van der Waals surface area contributed by atoms with E-state index in [-0.39, 0.29) is 11.4 Å². The van der Waals surface area contributed by atoms with Gasteiger partial charge in [0.1, 0.15) is 11.5 Å². The molecule has 0 bridgehead atoms. The average molecular weight is 497 g/mol. The van der Waals surface area contributed by atoms with Crippen LogP contribution in [0.2, 0.25) is 0 Å². The van der Waals surface area contributed by atoms with Crippen LogP contribution in [-0.4, -0.2) is 19.2 Å². The Morgan fingerprint density at radius 1 is 0.919 bits per heavy atom. The fourth-order valence-electron chi connectivity index (χ4n) is 7.51. The van der Waals surface area contributed by atoms with Crippen LogP contribution in [0.4, 0.5) is 0 Å². The standard InChI is InChI=1S/C33H36O4/c1-33-19-18-28-27-15-13-26(37-32(34)23-6-4-3-5-7-23)20-24(27)10-14-29(28)30(33)16-17-31(33)36-21-22-8-11-25(35-2)12-9-22/h3-9,11-13,15,20,28-31H,10,14,16-19,21H2,1-2H3/t28-,29-,30+,31+,33+/m1/s1. The largest absolute Gasteiger partial charge is 0.497 e. The van der Waals surface area contributed by atoms with Crippen LogP contribution in [0.25, 0.3) is 0 Å². The Morgan fingerprint density at radius 2 is 1.70 bits per heavy atom. The van der Waals surface area contributed by atoms with Crippen molar-refractivity contribution in [3.8, 4) is 11.5 Å². The lowest BCUT2D eigenvalue weighted by molar-refractivity contribution is -0.0707. The highest BCUT2D eigenvalue weighted by molar-refractivity contribution is 5.91. The number of ether oxygens (including phenoxy) is 3. The molecule has 6 rings (SSSR count). The molecule has 3 aliphatic rings. The molecule has 0 radical (unpaired) electrons. The normalized spacial score (nSPS) is 28.1. The molecule has 0 aliphatic heterocycles. The highest BCUT2D eigenvalue weighted by atomic mass is 16.5. The van der Waals surface area contributed by atoms with Crippen LogP contribution in [0.3, 0.4) is 0 Å². The van der Waals surface area contributed by atoms with Crippen molar-refractivity contribution in [3.05, 3.63) is 95.1 Å². The number of methoxy groups -OCH3 is 1. The number of carbonyl (C=O) groups excluding carboxylic acids is 1. The van der Waals surface area contributed by atoms with Crippen molar-refractivity contribution < 1.29 is 19.0 Å². The zero-order chi connectivity index (χ0) is 25.4. The second-order valence-electron chi connectivity index (χ2n) is 11.3. The molecule has 3 aromatic carbocycles. The van der Waals surface area contributed by atoms with Crippen molar-refractivity contribution in [2.45, 2.75) is 64.1 Å². The lowest BCUT2D eigenvalue weighted by atomic mass is 9.55. The number of rotatable bonds is 6. The van der Waals surface area contributed by atoms with Gasteiger partial charge < -0.3 is 14.2 Å². The number of fused-ring (bicyclic) bond motifs is 5. The first-order valence-electron chi connectivity index (χ1n) is 13.7. The van der Waals surface area contributed by atoms with E-state index in [9.17, 15) is 4.79 Å². The van der Waals surface area contributed by atoms with E-state index in [0.717, 1.165) is 18.6 Å². The summed E-state index contributed by atoms with van der Waals surface area (Å²) in [4.78, 5) is 12.5. The Bertz CT molecular complexity index is 1250. The monoisotopic (exact) mass is 496 g/mol. The molecular weight excluding hydrogens is 460 g/mol. The zero-order valence-electron chi connectivity index (χ0n) is 21.8. The van der Waals surface area contributed by atoms with Crippen molar-refractivity contribution in [2.75, 3.05) is 7.11 Å². The molecule has 4 heteroatoms. The number of benzene rings is 3. The zero-order valence-corrected chi connectivity index (χ0v) is 21.8. The van der Waals surface area contributed by atoms with Crippen LogP contribution >= 0.6 is 0 Å². The van der Waals surface area contributed by atoms with E-state index in [1.54, 1.807) is 19.2 Å². The van der Waals surface area contributed by atoms with Gasteiger partial charge in [-0.25, -0.2) is 4.79 Å². The van der Waals surface area contributed by atoms with Crippen LogP contribution in [0.5, 0.6) is 11.5 Å². The summed E-state index contributed by atoms with van der Waals surface area (Å²) in [5.74, 6) is 3.25. The molecule has 0 aromatic heterocycles. The molecule has 192 valence electrons. The topological polar surface area (TPSA) is 44.8 Å². The SMILES string of the molecule is COc1ccc(CO[C@H]2CC[C@H]3[C@@H]4CCc5cc(OC(=O)c6ccccc6)ccc5[C@H]4CC[C@]23C)cc1. The third-order valence-electron chi connectivity index (χ3n) is 9.44. The number of hydrogen-bond donors (Lipinski definition) is 0. The molecule has 5 atom stereocenters. The summed E-state index contributed by atoms with van der Waals surface area (Å²) in [7, 11) is 1.70. The van der Waals surface area contributed by atoms with Gasteiger partial charge in [-0.3, -0.25) is 0 Å². The Labute approximate surface area is 220 Å². The minimum absolute atomic E-state index is 0.246. The molecule has 0 spiro atoms. The van der Waals surface area contributed by atoms with Gasteiger partial charge in [0.15, 0.2) is 0 Å². The van der Waals surface area contributed by atoms with Gasteiger partial charge in [-0.15, -0.1) is 0 Å². The summed E-state index contributed by atoms with van der Waals surface area (Å²) in [6.07, 6.45) is 7.40. The van der Waals surface area contributed by atoms with Crippen molar-refractivity contribution in [3.63, 3.8) is 0 Å². The van der Waals surface area contributed by atoms with Crippen molar-refractivity contribution in [2.24, 2.45) is 17.3 Å². The molecule has 0 saturated heterocycles. The summed E-state index contributed by atoms with van der Waals surface area (Å²) in [5.41, 5.74) is 4.86. The predicted octanol–water partition coefficient (Wildman–Crippen LogP) is 7.36. The fourth-order valence-corrected chi connectivity index (χ4v) is 7.51. The second-order valence-corrected chi connectivity index (χ2v) is 11.3. The maximum absolute atomic E-state index is 12.5. The van der Waals surface area contributed by atoms with Gasteiger partial charge >= 0.3 is 5.97 Å². The first kappa shape index (κ1) is 24.2. The molecule has 0 N–H and O–H groups in total. The fraction of sp³-hybridized carbons (Fsp3) is 0.424. The summed E-state index contributed by atoms with van der Waals surface area (Å²) >= 11 is 0. The van der Waals surface area contributed by atoms with Gasteiger partial charge in [-0.1, -0.05) is 43.3 Å². The third-order valence-corrected chi connectivity index (χ3v) is 9.44. The summed E-state index contributed by atoms with van der Waals surface area (Å²) in [6.45, 7) is 3.15. The molecule has 2 fully saturated rings. The minimum Gasteiger partial charge on any atom is -0.497 e. The van der Waals surface area contributed by atoms with Crippen molar-refractivity contribution in [1.29, 1.82) is 0 Å². The van der Waals surface area contributed by atoms with Gasteiger partial charge in [0, 0.05) is 0 Å².